The van der Waals surface area contributed by atoms with Crippen LogP contribution in [0.5, 0.6) is 5.75 Å². The molecule has 164 valence electrons. The van der Waals surface area contributed by atoms with E-state index in [9.17, 15) is 9.59 Å². The van der Waals surface area contributed by atoms with Crippen LogP contribution in [0.1, 0.15) is 5.56 Å². The maximum Gasteiger partial charge on any atom is 0.252 e. The summed E-state index contributed by atoms with van der Waals surface area (Å²) in [5.74, 6) is -0.0741. The number of aliphatic imine (C=N–C) groups is 1. The minimum Gasteiger partial charge on any atom is -0.489 e. The number of fused-ring (bicyclic) bond motifs is 2. The van der Waals surface area contributed by atoms with E-state index in [0.29, 0.717) is 40.6 Å². The molecule has 0 bridgehead atoms. The van der Waals surface area contributed by atoms with Crippen molar-refractivity contribution in [2.75, 3.05) is 25.1 Å². The van der Waals surface area contributed by atoms with Crippen LogP contribution >= 0.6 is 11.6 Å². The van der Waals surface area contributed by atoms with Gasteiger partial charge in [-0.15, -0.1) is 0 Å². The van der Waals surface area contributed by atoms with E-state index >= 15 is 0 Å². The van der Waals surface area contributed by atoms with Crippen molar-refractivity contribution in [1.82, 2.24) is 20.4 Å². The molecular formula is C22H21ClN6O3. The van der Waals surface area contributed by atoms with Crippen LogP contribution in [0.2, 0.25) is 5.15 Å². The number of hydrogen-bond acceptors (Lipinski definition) is 6. The molecule has 2 atom stereocenters. The first-order chi connectivity index (χ1) is 15.5. The van der Waals surface area contributed by atoms with Gasteiger partial charge in [-0.1, -0.05) is 41.9 Å². The Kier molecular flexibility index (Phi) is 5.18. The lowest BCUT2D eigenvalue weighted by molar-refractivity contribution is -0.128. The van der Waals surface area contributed by atoms with Gasteiger partial charge in [0.25, 0.3) is 5.91 Å². The number of aromatic nitrogens is 2. The third-order valence-electron chi connectivity index (χ3n) is 5.66. The summed E-state index contributed by atoms with van der Waals surface area (Å²) in [7, 11) is 1.64. The summed E-state index contributed by atoms with van der Waals surface area (Å²) in [5, 5.41) is 10.6. The fraction of sp³-hybridized carbons (Fsp3) is 0.273. The predicted octanol–water partition coefficient (Wildman–Crippen LogP) is 1.97. The van der Waals surface area contributed by atoms with E-state index in [2.05, 4.69) is 20.5 Å². The SMILES string of the molecule is CN1C(=O)[C@@H](NC(=O)C2CN(Cc3ccccc3)C=N2)COc2cc3[nH]nc(Cl)c3cc21. The lowest BCUT2D eigenvalue weighted by atomic mass is 10.2. The first-order valence-corrected chi connectivity index (χ1v) is 10.6. The van der Waals surface area contributed by atoms with Crippen molar-refractivity contribution in [1.29, 1.82) is 0 Å². The summed E-state index contributed by atoms with van der Waals surface area (Å²) in [6, 6.07) is 12.1. The van der Waals surface area contributed by atoms with Crippen LogP contribution in [-0.2, 0) is 16.1 Å². The van der Waals surface area contributed by atoms with Crippen LogP contribution in [0.3, 0.4) is 0 Å². The van der Waals surface area contributed by atoms with Gasteiger partial charge < -0.3 is 19.9 Å². The Bertz CT molecular complexity index is 1210. The maximum atomic E-state index is 13.0. The Hall–Kier alpha value is -3.59. The highest BCUT2D eigenvalue weighted by Gasteiger charge is 2.34. The lowest BCUT2D eigenvalue weighted by Gasteiger charge is -2.22. The first-order valence-electron chi connectivity index (χ1n) is 10.2. The molecule has 3 heterocycles. The van der Waals surface area contributed by atoms with Gasteiger partial charge in [0.2, 0.25) is 5.91 Å². The molecule has 0 fully saturated rings. The summed E-state index contributed by atoms with van der Waals surface area (Å²) in [6.07, 6.45) is 1.68. The number of carbonyl (C=O) groups excluding carboxylic acids is 2. The Labute approximate surface area is 189 Å². The number of nitrogens with one attached hydrogen (secondary N) is 2. The van der Waals surface area contributed by atoms with Gasteiger partial charge in [-0.2, -0.15) is 5.10 Å². The molecule has 2 N–H and O–H groups in total. The molecule has 2 aromatic carbocycles. The van der Waals surface area contributed by atoms with Crippen molar-refractivity contribution < 1.29 is 14.3 Å². The number of benzene rings is 2. The lowest BCUT2D eigenvalue weighted by Crippen LogP contribution is -2.52. The number of carbonyl (C=O) groups is 2. The van der Waals surface area contributed by atoms with Gasteiger partial charge in [0.15, 0.2) is 5.15 Å². The molecule has 3 aromatic rings. The number of H-pyrrole nitrogens is 1. The second kappa shape index (κ2) is 8.16. The summed E-state index contributed by atoms with van der Waals surface area (Å²) in [4.78, 5) is 33.7. The summed E-state index contributed by atoms with van der Waals surface area (Å²) >= 11 is 6.11. The number of hydrogen-bond donors (Lipinski definition) is 2. The standard InChI is InChI=1S/C22H21ClN6O3/c1-28-18-7-14-15(26-27-20(14)23)8-19(18)32-11-17(22(28)31)25-21(30)16-10-29(12-24-16)9-13-5-3-2-4-6-13/h2-8,12,16-17H,9-11H2,1H3,(H,25,30)(H,26,27)/t16?,17-/m0/s1. The number of likely N-dealkylation sites (N-methyl/N-ethyl adjacent to an activating group) is 1. The molecule has 2 amide bonds. The predicted molar refractivity (Wildman–Crippen MR) is 121 cm³/mol. The highest BCUT2D eigenvalue weighted by atomic mass is 35.5. The van der Waals surface area contributed by atoms with E-state index in [0.717, 1.165) is 5.56 Å². The first kappa shape index (κ1) is 20.3. The van der Waals surface area contributed by atoms with Crippen LogP contribution in [0.25, 0.3) is 10.9 Å². The molecule has 1 aromatic heterocycles. The molecule has 2 aliphatic rings. The van der Waals surface area contributed by atoms with E-state index < -0.39 is 12.1 Å². The normalized spacial score (nSPS) is 20.2. The number of aromatic amines is 1. The third-order valence-corrected chi connectivity index (χ3v) is 5.94. The van der Waals surface area contributed by atoms with Gasteiger partial charge in [0.1, 0.15) is 24.4 Å². The zero-order valence-electron chi connectivity index (χ0n) is 17.3. The molecule has 0 radical (unpaired) electrons. The van der Waals surface area contributed by atoms with E-state index in [-0.39, 0.29) is 18.4 Å². The van der Waals surface area contributed by atoms with Crippen molar-refractivity contribution in [2.45, 2.75) is 18.6 Å². The zero-order chi connectivity index (χ0) is 22.2. The maximum absolute atomic E-state index is 13.0. The molecule has 0 saturated heterocycles. The minimum absolute atomic E-state index is 0.0133. The topological polar surface area (TPSA) is 103 Å². The molecule has 0 spiro atoms. The zero-order valence-corrected chi connectivity index (χ0v) is 18.0. The fourth-order valence-corrected chi connectivity index (χ4v) is 4.11. The average molecular weight is 453 g/mol. The molecule has 1 unspecified atom stereocenters. The van der Waals surface area contributed by atoms with Crippen LogP contribution in [-0.4, -0.2) is 65.5 Å². The van der Waals surface area contributed by atoms with E-state index in [4.69, 9.17) is 16.3 Å². The third kappa shape index (κ3) is 3.75. The molecule has 0 saturated carbocycles. The highest BCUT2D eigenvalue weighted by Crippen LogP contribution is 2.36. The van der Waals surface area contributed by atoms with E-state index in [1.165, 1.54) is 4.90 Å². The van der Waals surface area contributed by atoms with Gasteiger partial charge in [0.05, 0.1) is 24.1 Å². The van der Waals surface area contributed by atoms with Crippen molar-refractivity contribution in [3.05, 3.63) is 53.2 Å². The Morgan fingerprint density at radius 3 is 2.94 bits per heavy atom. The van der Waals surface area contributed by atoms with Gasteiger partial charge >= 0.3 is 0 Å². The molecule has 32 heavy (non-hydrogen) atoms. The second-order valence-electron chi connectivity index (χ2n) is 7.84. The highest BCUT2D eigenvalue weighted by molar-refractivity contribution is 6.34. The van der Waals surface area contributed by atoms with Crippen molar-refractivity contribution in [3.8, 4) is 5.75 Å². The minimum atomic E-state index is -0.829. The molecule has 5 rings (SSSR count). The van der Waals surface area contributed by atoms with Crippen LogP contribution in [0.4, 0.5) is 5.69 Å². The number of anilines is 1. The largest absolute Gasteiger partial charge is 0.489 e. The summed E-state index contributed by atoms with van der Waals surface area (Å²) in [6.45, 7) is 1.14. The van der Waals surface area contributed by atoms with Crippen molar-refractivity contribution in [2.24, 2.45) is 4.99 Å². The van der Waals surface area contributed by atoms with Crippen molar-refractivity contribution >= 4 is 46.3 Å². The molecular weight excluding hydrogens is 432 g/mol. The van der Waals surface area contributed by atoms with E-state index in [1.807, 2.05) is 35.2 Å². The van der Waals surface area contributed by atoms with Gasteiger partial charge in [0, 0.05) is 25.0 Å². The van der Waals surface area contributed by atoms with Crippen LogP contribution < -0.4 is 15.0 Å². The van der Waals surface area contributed by atoms with Crippen LogP contribution in [0, 0.1) is 0 Å². The van der Waals surface area contributed by atoms with E-state index in [1.54, 1.807) is 25.5 Å². The van der Waals surface area contributed by atoms with Gasteiger partial charge in [-0.25, -0.2) is 0 Å². The smallest absolute Gasteiger partial charge is 0.252 e. The Morgan fingerprint density at radius 2 is 2.12 bits per heavy atom. The summed E-state index contributed by atoms with van der Waals surface area (Å²) < 4.78 is 5.87. The number of amides is 2. The number of ether oxygens (including phenoxy) is 1. The number of rotatable bonds is 4. The Morgan fingerprint density at radius 1 is 1.31 bits per heavy atom. The van der Waals surface area contributed by atoms with Crippen LogP contribution in [0.15, 0.2) is 47.5 Å². The molecule has 0 aliphatic carbocycles. The fourth-order valence-electron chi connectivity index (χ4n) is 3.91. The van der Waals surface area contributed by atoms with Gasteiger partial charge in [-0.05, 0) is 11.6 Å². The summed E-state index contributed by atoms with van der Waals surface area (Å²) in [5.41, 5.74) is 2.41. The second-order valence-corrected chi connectivity index (χ2v) is 8.20. The Balaban J connectivity index is 1.26. The van der Waals surface area contributed by atoms with Crippen molar-refractivity contribution in [3.63, 3.8) is 0 Å². The average Bonchev–Trinajstić information content (AvgIpc) is 3.39. The number of halogens is 1. The number of nitrogens with zero attached hydrogens (tertiary/aromatic N) is 4. The van der Waals surface area contributed by atoms with Gasteiger partial charge in [-0.3, -0.25) is 19.7 Å². The molecule has 2 aliphatic heterocycles. The monoisotopic (exact) mass is 452 g/mol. The quantitative estimate of drug-likeness (QED) is 0.630. The molecule has 10 heteroatoms. The molecule has 9 nitrogen and oxygen atoms in total.